The highest BCUT2D eigenvalue weighted by molar-refractivity contribution is 7.12. The molecular weight excluding hydrogens is 462 g/mol. The molecular formula is C20H14ClN3O5S2. The predicted octanol–water partition coefficient (Wildman–Crippen LogP) is 4.91. The normalized spacial score (nSPS) is 15.6. The number of benzene rings is 1. The van der Waals surface area contributed by atoms with Crippen LogP contribution in [0.5, 0.6) is 0 Å². The van der Waals surface area contributed by atoms with Crippen molar-refractivity contribution in [3.8, 4) is 0 Å². The van der Waals surface area contributed by atoms with Crippen molar-refractivity contribution in [3.63, 3.8) is 0 Å². The van der Waals surface area contributed by atoms with Crippen molar-refractivity contribution < 1.29 is 19.2 Å². The fourth-order valence-electron chi connectivity index (χ4n) is 3.14. The molecule has 3 heterocycles. The summed E-state index contributed by atoms with van der Waals surface area (Å²) in [7, 11) is 0. The van der Waals surface area contributed by atoms with Crippen molar-refractivity contribution >= 4 is 57.6 Å². The lowest BCUT2D eigenvalue weighted by Gasteiger charge is -2.20. The third-order valence-corrected chi connectivity index (χ3v) is 6.67. The zero-order valence-corrected chi connectivity index (χ0v) is 18.2. The number of rotatable bonds is 6. The minimum Gasteiger partial charge on any atom is -0.452 e. The molecule has 3 aromatic rings. The van der Waals surface area contributed by atoms with Crippen LogP contribution < -0.4 is 0 Å². The average Bonchev–Trinajstić information content (AvgIpc) is 3.51. The number of esters is 1. The van der Waals surface area contributed by atoms with Crippen LogP contribution in [0.15, 0.2) is 58.3 Å². The van der Waals surface area contributed by atoms with Crippen molar-refractivity contribution in [1.29, 1.82) is 0 Å². The van der Waals surface area contributed by atoms with Gasteiger partial charge in [0.2, 0.25) is 0 Å². The first-order chi connectivity index (χ1) is 14.9. The molecule has 158 valence electrons. The van der Waals surface area contributed by atoms with E-state index in [-0.39, 0.29) is 16.6 Å². The van der Waals surface area contributed by atoms with Crippen LogP contribution in [0, 0.1) is 10.1 Å². The first kappa shape index (κ1) is 21.2. The fraction of sp³-hybridized carbons (Fsp3) is 0.150. The smallest absolute Gasteiger partial charge is 0.345 e. The van der Waals surface area contributed by atoms with Gasteiger partial charge in [0.05, 0.1) is 21.6 Å². The van der Waals surface area contributed by atoms with E-state index in [1.165, 1.54) is 33.7 Å². The van der Waals surface area contributed by atoms with Gasteiger partial charge in [0.1, 0.15) is 5.56 Å². The molecule has 1 aliphatic heterocycles. The van der Waals surface area contributed by atoms with E-state index >= 15 is 0 Å². The molecule has 31 heavy (non-hydrogen) atoms. The van der Waals surface area contributed by atoms with Gasteiger partial charge in [0, 0.05) is 22.4 Å². The van der Waals surface area contributed by atoms with E-state index in [1.54, 1.807) is 0 Å². The molecule has 11 heteroatoms. The Labute approximate surface area is 189 Å². The van der Waals surface area contributed by atoms with Crippen LogP contribution in [-0.2, 0) is 9.53 Å². The molecule has 4 rings (SSSR count). The monoisotopic (exact) mass is 475 g/mol. The third-order valence-electron chi connectivity index (χ3n) is 4.55. The number of thiophene rings is 2. The van der Waals surface area contributed by atoms with Gasteiger partial charge < -0.3 is 4.74 Å². The Morgan fingerprint density at radius 2 is 2.00 bits per heavy atom. The summed E-state index contributed by atoms with van der Waals surface area (Å²) in [5, 5.41) is 21.0. The average molecular weight is 476 g/mol. The Bertz CT molecular complexity index is 1160. The van der Waals surface area contributed by atoms with Gasteiger partial charge in [0.15, 0.2) is 6.61 Å². The van der Waals surface area contributed by atoms with E-state index in [0.29, 0.717) is 6.42 Å². The molecule has 0 radical (unpaired) electrons. The molecule has 0 aliphatic carbocycles. The SMILES string of the molecule is O=C(OCC(=O)N1N=C(c2cccs2)CC1c1cccs1)c1cc(Cl)ccc1[N+](=O)[O-]. The molecule has 0 spiro atoms. The molecule has 0 saturated carbocycles. The minimum absolute atomic E-state index is 0.145. The summed E-state index contributed by atoms with van der Waals surface area (Å²) >= 11 is 8.89. The van der Waals surface area contributed by atoms with Gasteiger partial charge in [-0.2, -0.15) is 5.10 Å². The Hall–Kier alpha value is -3.08. The van der Waals surface area contributed by atoms with E-state index in [9.17, 15) is 19.7 Å². The lowest BCUT2D eigenvalue weighted by Crippen LogP contribution is -2.31. The lowest BCUT2D eigenvalue weighted by atomic mass is 10.1. The fourth-order valence-corrected chi connectivity index (χ4v) is 4.84. The summed E-state index contributed by atoms with van der Waals surface area (Å²) in [6.45, 7) is -0.606. The van der Waals surface area contributed by atoms with Gasteiger partial charge in [-0.05, 0) is 35.0 Å². The second-order valence-electron chi connectivity index (χ2n) is 6.49. The summed E-state index contributed by atoms with van der Waals surface area (Å²) in [4.78, 5) is 37.7. The van der Waals surface area contributed by atoms with Gasteiger partial charge in [-0.25, -0.2) is 9.80 Å². The third kappa shape index (κ3) is 4.50. The molecule has 1 amide bonds. The van der Waals surface area contributed by atoms with Crippen molar-refractivity contribution in [1.82, 2.24) is 5.01 Å². The van der Waals surface area contributed by atoms with Gasteiger partial charge >= 0.3 is 5.97 Å². The number of hydrogen-bond acceptors (Lipinski definition) is 8. The number of nitro benzene ring substituents is 1. The summed E-state index contributed by atoms with van der Waals surface area (Å²) in [5.41, 5.74) is 0.0142. The van der Waals surface area contributed by atoms with Gasteiger partial charge in [-0.15, -0.1) is 22.7 Å². The molecule has 1 aliphatic rings. The second kappa shape index (κ2) is 8.96. The largest absolute Gasteiger partial charge is 0.452 e. The van der Waals surface area contributed by atoms with Crippen LogP contribution in [0.1, 0.15) is 32.6 Å². The number of nitrogens with zero attached hydrogens (tertiary/aromatic N) is 3. The highest BCUT2D eigenvalue weighted by Crippen LogP contribution is 2.36. The van der Waals surface area contributed by atoms with Crippen LogP contribution in [-0.4, -0.2) is 34.1 Å². The maximum Gasteiger partial charge on any atom is 0.345 e. The topological polar surface area (TPSA) is 102 Å². The minimum atomic E-state index is -1.00. The summed E-state index contributed by atoms with van der Waals surface area (Å²) in [6.07, 6.45) is 0.542. The summed E-state index contributed by atoms with van der Waals surface area (Å²) in [5.74, 6) is -1.53. The number of hydrogen-bond donors (Lipinski definition) is 0. The maximum absolute atomic E-state index is 12.9. The van der Waals surface area contributed by atoms with Crippen LogP contribution in [0.25, 0.3) is 0 Å². The van der Waals surface area contributed by atoms with E-state index in [4.69, 9.17) is 16.3 Å². The van der Waals surface area contributed by atoms with E-state index in [1.807, 2.05) is 35.0 Å². The standard InChI is InChI=1S/C20H14ClN3O5S2/c21-12-5-6-15(24(27)28)13(9-12)20(26)29-11-19(25)23-16(18-4-2-8-31-18)10-14(22-23)17-3-1-7-30-17/h1-9,16H,10-11H2. The van der Waals surface area contributed by atoms with Crippen molar-refractivity contribution in [2.75, 3.05) is 6.61 Å². The quantitative estimate of drug-likeness (QED) is 0.286. The van der Waals surface area contributed by atoms with Crippen LogP contribution >= 0.6 is 34.3 Å². The van der Waals surface area contributed by atoms with Gasteiger partial charge in [0.25, 0.3) is 11.6 Å². The van der Waals surface area contributed by atoms with Crippen molar-refractivity contribution in [2.24, 2.45) is 5.10 Å². The van der Waals surface area contributed by atoms with Crippen LogP contribution in [0.3, 0.4) is 0 Å². The molecule has 1 unspecified atom stereocenters. The molecule has 8 nitrogen and oxygen atoms in total. The number of ether oxygens (including phenoxy) is 1. The number of hydrazone groups is 1. The van der Waals surface area contributed by atoms with Crippen molar-refractivity contribution in [3.05, 3.63) is 83.7 Å². The molecule has 1 aromatic carbocycles. The summed E-state index contributed by atoms with van der Waals surface area (Å²) in [6, 6.07) is 10.9. The molecule has 0 bridgehead atoms. The lowest BCUT2D eigenvalue weighted by molar-refractivity contribution is -0.385. The molecule has 0 N–H and O–H groups in total. The molecule has 2 aromatic heterocycles. The van der Waals surface area contributed by atoms with E-state index in [2.05, 4.69) is 5.10 Å². The Morgan fingerprint density at radius 3 is 2.68 bits per heavy atom. The number of carbonyl (C=O) groups is 2. The second-order valence-corrected chi connectivity index (χ2v) is 8.86. The van der Waals surface area contributed by atoms with Crippen LogP contribution in [0.2, 0.25) is 5.02 Å². The van der Waals surface area contributed by atoms with Gasteiger partial charge in [-0.1, -0.05) is 23.7 Å². The predicted molar refractivity (Wildman–Crippen MR) is 118 cm³/mol. The molecule has 0 fully saturated rings. The number of amides is 1. The molecule has 1 atom stereocenters. The van der Waals surface area contributed by atoms with E-state index in [0.717, 1.165) is 27.6 Å². The Balaban J connectivity index is 1.52. The number of halogens is 1. The Morgan fingerprint density at radius 1 is 1.23 bits per heavy atom. The maximum atomic E-state index is 12.9. The number of nitro groups is 1. The van der Waals surface area contributed by atoms with Gasteiger partial charge in [-0.3, -0.25) is 14.9 Å². The molecule has 0 saturated heterocycles. The Kier molecular flexibility index (Phi) is 6.12. The highest BCUT2D eigenvalue weighted by atomic mass is 35.5. The van der Waals surface area contributed by atoms with E-state index < -0.39 is 29.1 Å². The highest BCUT2D eigenvalue weighted by Gasteiger charge is 2.34. The van der Waals surface area contributed by atoms with Crippen molar-refractivity contribution in [2.45, 2.75) is 12.5 Å². The zero-order valence-electron chi connectivity index (χ0n) is 15.8. The first-order valence-electron chi connectivity index (χ1n) is 9.02. The van der Waals surface area contributed by atoms with Crippen LogP contribution in [0.4, 0.5) is 5.69 Å². The zero-order chi connectivity index (χ0) is 22.0. The number of carbonyl (C=O) groups excluding carboxylic acids is 2. The first-order valence-corrected chi connectivity index (χ1v) is 11.2. The summed E-state index contributed by atoms with van der Waals surface area (Å²) < 4.78 is 5.08.